The summed E-state index contributed by atoms with van der Waals surface area (Å²) in [7, 11) is 1.73. The van der Waals surface area contributed by atoms with Gasteiger partial charge in [0.25, 0.3) is 0 Å². The molecule has 3 nitrogen and oxygen atoms in total. The molecule has 1 aromatic carbocycles. The summed E-state index contributed by atoms with van der Waals surface area (Å²) in [5.41, 5.74) is 7.52. The Labute approximate surface area is 122 Å². The van der Waals surface area contributed by atoms with E-state index in [0.717, 1.165) is 18.8 Å². The van der Waals surface area contributed by atoms with Crippen LogP contribution in [0, 0.1) is 5.92 Å². The molecule has 1 aliphatic carbocycles. The summed E-state index contributed by atoms with van der Waals surface area (Å²) in [6.45, 7) is 1.38. The van der Waals surface area contributed by atoms with Crippen LogP contribution in [-0.2, 0) is 11.2 Å². The minimum atomic E-state index is 0.170. The van der Waals surface area contributed by atoms with Crippen molar-refractivity contribution in [2.45, 2.75) is 44.6 Å². The molecule has 0 aliphatic heterocycles. The highest BCUT2D eigenvalue weighted by atomic mass is 16.5. The number of rotatable bonds is 7. The minimum Gasteiger partial charge on any atom is -0.492 e. The van der Waals surface area contributed by atoms with Crippen LogP contribution in [0.25, 0.3) is 0 Å². The molecule has 0 spiro atoms. The summed E-state index contributed by atoms with van der Waals surface area (Å²) in [4.78, 5) is 0. The van der Waals surface area contributed by atoms with Gasteiger partial charge in [0.05, 0.1) is 6.61 Å². The fourth-order valence-corrected chi connectivity index (χ4v) is 2.86. The van der Waals surface area contributed by atoms with E-state index in [1.54, 1.807) is 7.11 Å². The molecule has 0 saturated heterocycles. The van der Waals surface area contributed by atoms with Gasteiger partial charge in [-0.25, -0.2) is 0 Å². The highest BCUT2D eigenvalue weighted by Gasteiger charge is 2.20. The molecule has 0 radical (unpaired) electrons. The van der Waals surface area contributed by atoms with Crippen LogP contribution in [-0.4, -0.2) is 26.4 Å². The van der Waals surface area contributed by atoms with Crippen molar-refractivity contribution >= 4 is 0 Å². The summed E-state index contributed by atoms with van der Waals surface area (Å²) < 4.78 is 10.9. The van der Waals surface area contributed by atoms with E-state index < -0.39 is 0 Å². The third kappa shape index (κ3) is 4.80. The zero-order valence-electron chi connectivity index (χ0n) is 12.5. The molecule has 1 fully saturated rings. The van der Waals surface area contributed by atoms with Gasteiger partial charge in [0.1, 0.15) is 12.4 Å². The van der Waals surface area contributed by atoms with E-state index in [0.29, 0.717) is 12.5 Å². The van der Waals surface area contributed by atoms with E-state index in [2.05, 4.69) is 12.1 Å². The zero-order chi connectivity index (χ0) is 14.2. The molecule has 0 heterocycles. The quantitative estimate of drug-likeness (QED) is 0.832. The van der Waals surface area contributed by atoms with Gasteiger partial charge in [-0.05, 0) is 42.9 Å². The van der Waals surface area contributed by atoms with E-state index in [4.69, 9.17) is 15.2 Å². The Morgan fingerprint density at radius 1 is 1.15 bits per heavy atom. The maximum absolute atomic E-state index is 6.25. The second-order valence-corrected chi connectivity index (χ2v) is 5.76. The van der Waals surface area contributed by atoms with Crippen molar-refractivity contribution in [2.75, 3.05) is 20.3 Å². The molecule has 0 amide bonds. The van der Waals surface area contributed by atoms with Gasteiger partial charge in [0.2, 0.25) is 0 Å². The minimum absolute atomic E-state index is 0.170. The second-order valence-electron chi connectivity index (χ2n) is 5.76. The fourth-order valence-electron chi connectivity index (χ4n) is 2.86. The number of benzene rings is 1. The van der Waals surface area contributed by atoms with Crippen molar-refractivity contribution in [3.05, 3.63) is 29.8 Å². The lowest BCUT2D eigenvalue weighted by molar-refractivity contribution is 0.202. The van der Waals surface area contributed by atoms with Crippen LogP contribution in [0.1, 0.15) is 37.7 Å². The van der Waals surface area contributed by atoms with Crippen molar-refractivity contribution < 1.29 is 9.47 Å². The third-order valence-electron chi connectivity index (χ3n) is 4.22. The van der Waals surface area contributed by atoms with E-state index in [1.807, 2.05) is 12.1 Å². The number of hydrogen-bond donors (Lipinski definition) is 1. The number of methoxy groups -OCH3 is 1. The predicted octanol–water partition coefficient (Wildman–Crippen LogP) is 3.16. The summed E-state index contributed by atoms with van der Waals surface area (Å²) in [5.74, 6) is 1.56. The van der Waals surface area contributed by atoms with Gasteiger partial charge in [-0.1, -0.05) is 31.4 Å². The molecular weight excluding hydrogens is 250 g/mol. The van der Waals surface area contributed by atoms with Gasteiger partial charge in [0.15, 0.2) is 0 Å². The van der Waals surface area contributed by atoms with Crippen LogP contribution < -0.4 is 10.5 Å². The van der Waals surface area contributed by atoms with Crippen molar-refractivity contribution in [3.8, 4) is 5.75 Å². The fraction of sp³-hybridized carbons (Fsp3) is 0.647. The molecule has 0 aromatic heterocycles. The zero-order valence-corrected chi connectivity index (χ0v) is 12.5. The Hall–Kier alpha value is -1.06. The standard InChI is InChI=1S/C17H27NO2/c1-19-12-11-14-7-9-16(10-8-14)20-13-17(18)15-5-3-2-4-6-15/h7-10,15,17H,2-6,11-13,18H2,1H3. The average Bonchev–Trinajstić information content (AvgIpc) is 2.52. The lowest BCUT2D eigenvalue weighted by Gasteiger charge is -2.27. The van der Waals surface area contributed by atoms with Crippen LogP contribution in [0.4, 0.5) is 0 Å². The van der Waals surface area contributed by atoms with Crippen LogP contribution in [0.15, 0.2) is 24.3 Å². The van der Waals surface area contributed by atoms with Gasteiger partial charge < -0.3 is 15.2 Å². The average molecular weight is 277 g/mol. The number of ether oxygens (including phenoxy) is 2. The monoisotopic (exact) mass is 277 g/mol. The van der Waals surface area contributed by atoms with E-state index in [-0.39, 0.29) is 6.04 Å². The second kappa shape index (κ2) is 8.28. The Morgan fingerprint density at radius 3 is 2.50 bits per heavy atom. The van der Waals surface area contributed by atoms with Crippen LogP contribution in [0.3, 0.4) is 0 Å². The number of nitrogens with two attached hydrogens (primary N) is 1. The molecule has 3 heteroatoms. The summed E-state index contributed by atoms with van der Waals surface area (Å²) >= 11 is 0. The van der Waals surface area contributed by atoms with E-state index in [1.165, 1.54) is 37.7 Å². The van der Waals surface area contributed by atoms with Gasteiger partial charge in [-0.3, -0.25) is 0 Å². The molecule has 0 bridgehead atoms. The highest BCUT2D eigenvalue weighted by Crippen LogP contribution is 2.26. The largest absolute Gasteiger partial charge is 0.492 e. The van der Waals surface area contributed by atoms with Gasteiger partial charge >= 0.3 is 0 Å². The highest BCUT2D eigenvalue weighted by molar-refractivity contribution is 5.27. The third-order valence-corrected chi connectivity index (χ3v) is 4.22. The Bertz CT molecular complexity index is 371. The van der Waals surface area contributed by atoms with Crippen LogP contribution >= 0.6 is 0 Å². The van der Waals surface area contributed by atoms with Gasteiger partial charge in [-0.2, -0.15) is 0 Å². The molecule has 2 rings (SSSR count). The normalized spacial score (nSPS) is 17.9. The van der Waals surface area contributed by atoms with Crippen molar-refractivity contribution in [3.63, 3.8) is 0 Å². The molecule has 1 unspecified atom stereocenters. The molecule has 112 valence electrons. The molecule has 20 heavy (non-hydrogen) atoms. The molecule has 1 aromatic rings. The van der Waals surface area contributed by atoms with Crippen LogP contribution in [0.5, 0.6) is 5.75 Å². The molecule has 1 aliphatic rings. The van der Waals surface area contributed by atoms with E-state index >= 15 is 0 Å². The van der Waals surface area contributed by atoms with Crippen LogP contribution in [0.2, 0.25) is 0 Å². The Balaban J connectivity index is 1.75. The maximum atomic E-state index is 6.25. The Kier molecular flexibility index (Phi) is 6.34. The lowest BCUT2D eigenvalue weighted by atomic mass is 9.84. The van der Waals surface area contributed by atoms with Crippen molar-refractivity contribution in [1.82, 2.24) is 0 Å². The molecule has 1 atom stereocenters. The molecule has 1 saturated carbocycles. The van der Waals surface area contributed by atoms with Gasteiger partial charge in [-0.15, -0.1) is 0 Å². The first-order valence-corrected chi connectivity index (χ1v) is 7.76. The smallest absolute Gasteiger partial charge is 0.119 e. The summed E-state index contributed by atoms with van der Waals surface area (Å²) in [6, 6.07) is 8.42. The summed E-state index contributed by atoms with van der Waals surface area (Å²) in [5, 5.41) is 0. The Morgan fingerprint density at radius 2 is 1.85 bits per heavy atom. The van der Waals surface area contributed by atoms with Crippen molar-refractivity contribution in [2.24, 2.45) is 11.7 Å². The molecule has 2 N–H and O–H groups in total. The molecular formula is C17H27NO2. The SMILES string of the molecule is COCCc1ccc(OCC(N)C2CCCCC2)cc1. The first kappa shape index (κ1) is 15.3. The predicted molar refractivity (Wildman–Crippen MR) is 82.1 cm³/mol. The number of hydrogen-bond acceptors (Lipinski definition) is 3. The topological polar surface area (TPSA) is 44.5 Å². The first-order valence-electron chi connectivity index (χ1n) is 7.76. The maximum Gasteiger partial charge on any atom is 0.119 e. The summed E-state index contributed by atoms with van der Waals surface area (Å²) in [6.07, 6.45) is 7.49. The first-order chi connectivity index (χ1) is 9.79. The van der Waals surface area contributed by atoms with E-state index in [9.17, 15) is 0 Å². The lowest BCUT2D eigenvalue weighted by Crippen LogP contribution is -2.37. The van der Waals surface area contributed by atoms with Crippen molar-refractivity contribution in [1.29, 1.82) is 0 Å². The van der Waals surface area contributed by atoms with Gasteiger partial charge in [0, 0.05) is 13.2 Å².